The second-order valence-corrected chi connectivity index (χ2v) is 5.02. The molecule has 0 aromatic carbocycles. The lowest BCUT2D eigenvalue weighted by molar-refractivity contribution is 0.268. The van der Waals surface area contributed by atoms with Crippen LogP contribution in [0.1, 0.15) is 46.0 Å². The highest BCUT2D eigenvalue weighted by atomic mass is 15.1. The van der Waals surface area contributed by atoms with E-state index in [9.17, 15) is 0 Å². The maximum absolute atomic E-state index is 3.30. The quantitative estimate of drug-likeness (QED) is 0.591. The van der Waals surface area contributed by atoms with Crippen LogP contribution in [0.15, 0.2) is 0 Å². The SMILES string of the molecule is CCN(CCCCC(C)NC)CC1CC1. The molecule has 0 aromatic heterocycles. The van der Waals surface area contributed by atoms with Crippen LogP contribution < -0.4 is 5.32 Å². The first-order chi connectivity index (χ1) is 7.26. The first-order valence-electron chi connectivity index (χ1n) is 6.65. The first-order valence-corrected chi connectivity index (χ1v) is 6.65. The Bertz CT molecular complexity index is 155. The number of nitrogens with zero attached hydrogens (tertiary/aromatic N) is 1. The molecule has 0 heterocycles. The van der Waals surface area contributed by atoms with E-state index >= 15 is 0 Å². The average Bonchev–Trinajstić information content (AvgIpc) is 3.05. The van der Waals surface area contributed by atoms with Gasteiger partial charge in [0, 0.05) is 12.6 Å². The molecule has 90 valence electrons. The molecule has 0 radical (unpaired) electrons. The van der Waals surface area contributed by atoms with Crippen LogP contribution in [0, 0.1) is 5.92 Å². The van der Waals surface area contributed by atoms with Crippen LogP contribution >= 0.6 is 0 Å². The minimum atomic E-state index is 0.684. The van der Waals surface area contributed by atoms with Gasteiger partial charge in [0.25, 0.3) is 0 Å². The van der Waals surface area contributed by atoms with E-state index in [1.54, 1.807) is 0 Å². The van der Waals surface area contributed by atoms with Crippen molar-refractivity contribution in [3.05, 3.63) is 0 Å². The summed E-state index contributed by atoms with van der Waals surface area (Å²) in [6.07, 6.45) is 7.01. The summed E-state index contributed by atoms with van der Waals surface area (Å²) in [5.74, 6) is 1.04. The third kappa shape index (κ3) is 6.16. The van der Waals surface area contributed by atoms with Gasteiger partial charge < -0.3 is 10.2 Å². The predicted octanol–water partition coefficient (Wildman–Crippen LogP) is 2.50. The normalized spacial score (nSPS) is 18.4. The molecule has 2 nitrogen and oxygen atoms in total. The lowest BCUT2D eigenvalue weighted by Gasteiger charge is -2.20. The van der Waals surface area contributed by atoms with Crippen LogP contribution in [0.25, 0.3) is 0 Å². The summed E-state index contributed by atoms with van der Waals surface area (Å²) < 4.78 is 0. The zero-order chi connectivity index (χ0) is 11.1. The molecule has 1 N–H and O–H groups in total. The van der Waals surface area contributed by atoms with Crippen molar-refractivity contribution in [1.82, 2.24) is 10.2 Å². The fraction of sp³-hybridized carbons (Fsp3) is 1.00. The molecule has 1 atom stereocenters. The molecule has 0 aliphatic heterocycles. The summed E-state index contributed by atoms with van der Waals surface area (Å²) >= 11 is 0. The third-order valence-electron chi connectivity index (χ3n) is 3.51. The first kappa shape index (κ1) is 13.0. The van der Waals surface area contributed by atoms with Crippen molar-refractivity contribution < 1.29 is 0 Å². The average molecular weight is 212 g/mol. The Morgan fingerprint density at radius 2 is 2.07 bits per heavy atom. The van der Waals surface area contributed by atoms with E-state index in [4.69, 9.17) is 0 Å². The summed E-state index contributed by atoms with van der Waals surface area (Å²) in [7, 11) is 2.05. The van der Waals surface area contributed by atoms with E-state index in [1.165, 1.54) is 51.7 Å². The second kappa shape index (κ2) is 7.24. The monoisotopic (exact) mass is 212 g/mol. The highest BCUT2D eigenvalue weighted by Crippen LogP contribution is 2.29. The Balaban J connectivity index is 1.96. The van der Waals surface area contributed by atoms with Crippen molar-refractivity contribution in [2.45, 2.75) is 52.0 Å². The Kier molecular flexibility index (Phi) is 6.26. The van der Waals surface area contributed by atoms with Crippen molar-refractivity contribution >= 4 is 0 Å². The molecule has 0 aromatic rings. The molecule has 15 heavy (non-hydrogen) atoms. The van der Waals surface area contributed by atoms with E-state index in [2.05, 4.69) is 31.1 Å². The Morgan fingerprint density at radius 3 is 2.60 bits per heavy atom. The standard InChI is InChI=1S/C13H28N2/c1-4-15(11-13-8-9-13)10-6-5-7-12(2)14-3/h12-14H,4-11H2,1-3H3. The van der Waals surface area contributed by atoms with Crippen LogP contribution in [0.4, 0.5) is 0 Å². The van der Waals surface area contributed by atoms with Gasteiger partial charge >= 0.3 is 0 Å². The van der Waals surface area contributed by atoms with Gasteiger partial charge in [0.15, 0.2) is 0 Å². The van der Waals surface area contributed by atoms with E-state index in [0.717, 1.165) is 5.92 Å². The van der Waals surface area contributed by atoms with Gasteiger partial charge in [-0.2, -0.15) is 0 Å². The Hall–Kier alpha value is -0.0800. The van der Waals surface area contributed by atoms with Crippen LogP contribution in [0.5, 0.6) is 0 Å². The summed E-state index contributed by atoms with van der Waals surface area (Å²) in [6, 6.07) is 0.684. The second-order valence-electron chi connectivity index (χ2n) is 5.02. The number of hydrogen-bond donors (Lipinski definition) is 1. The molecule has 0 amide bonds. The molecule has 1 saturated carbocycles. The summed E-state index contributed by atoms with van der Waals surface area (Å²) in [5, 5.41) is 3.30. The predicted molar refractivity (Wildman–Crippen MR) is 67.2 cm³/mol. The topological polar surface area (TPSA) is 15.3 Å². The van der Waals surface area contributed by atoms with Crippen molar-refractivity contribution in [2.75, 3.05) is 26.7 Å². The smallest absolute Gasteiger partial charge is 0.00357 e. The van der Waals surface area contributed by atoms with Crippen LogP contribution in [-0.4, -0.2) is 37.6 Å². The van der Waals surface area contributed by atoms with Gasteiger partial charge in [-0.15, -0.1) is 0 Å². The molecule has 0 bridgehead atoms. The highest BCUT2D eigenvalue weighted by molar-refractivity contribution is 4.76. The van der Waals surface area contributed by atoms with E-state index in [-0.39, 0.29) is 0 Å². The minimum Gasteiger partial charge on any atom is -0.317 e. The molecule has 1 rings (SSSR count). The number of rotatable bonds is 9. The van der Waals surface area contributed by atoms with Crippen molar-refractivity contribution in [1.29, 1.82) is 0 Å². The van der Waals surface area contributed by atoms with Gasteiger partial charge in [0.2, 0.25) is 0 Å². The lowest BCUT2D eigenvalue weighted by Crippen LogP contribution is -2.27. The molecule has 1 aliphatic rings. The number of hydrogen-bond acceptors (Lipinski definition) is 2. The fourth-order valence-electron chi connectivity index (χ4n) is 1.97. The maximum atomic E-state index is 3.30. The van der Waals surface area contributed by atoms with Gasteiger partial charge in [-0.05, 0) is 58.7 Å². The molecular weight excluding hydrogens is 184 g/mol. The van der Waals surface area contributed by atoms with Gasteiger partial charge in [-0.25, -0.2) is 0 Å². The number of nitrogens with one attached hydrogen (secondary N) is 1. The van der Waals surface area contributed by atoms with E-state index in [0.29, 0.717) is 6.04 Å². The van der Waals surface area contributed by atoms with Gasteiger partial charge in [0.05, 0.1) is 0 Å². The third-order valence-corrected chi connectivity index (χ3v) is 3.51. The van der Waals surface area contributed by atoms with Crippen molar-refractivity contribution in [3.8, 4) is 0 Å². The molecular formula is C13H28N2. The lowest BCUT2D eigenvalue weighted by atomic mass is 10.1. The van der Waals surface area contributed by atoms with Crippen molar-refractivity contribution in [2.24, 2.45) is 5.92 Å². The zero-order valence-corrected chi connectivity index (χ0v) is 10.8. The molecule has 0 spiro atoms. The highest BCUT2D eigenvalue weighted by Gasteiger charge is 2.23. The summed E-state index contributed by atoms with van der Waals surface area (Å²) in [6.45, 7) is 8.46. The van der Waals surface area contributed by atoms with Crippen LogP contribution in [-0.2, 0) is 0 Å². The zero-order valence-electron chi connectivity index (χ0n) is 10.8. The van der Waals surface area contributed by atoms with Crippen molar-refractivity contribution in [3.63, 3.8) is 0 Å². The van der Waals surface area contributed by atoms with E-state index in [1.807, 2.05) is 0 Å². The molecule has 1 unspecified atom stereocenters. The van der Waals surface area contributed by atoms with E-state index < -0.39 is 0 Å². The molecule has 1 aliphatic carbocycles. The Morgan fingerprint density at radius 1 is 1.33 bits per heavy atom. The van der Waals surface area contributed by atoms with Gasteiger partial charge in [-0.1, -0.05) is 13.3 Å². The Labute approximate surface area is 95.4 Å². The van der Waals surface area contributed by atoms with Gasteiger partial charge in [0.1, 0.15) is 0 Å². The molecule has 1 fully saturated rings. The van der Waals surface area contributed by atoms with Gasteiger partial charge in [-0.3, -0.25) is 0 Å². The largest absolute Gasteiger partial charge is 0.317 e. The number of unbranched alkanes of at least 4 members (excludes halogenated alkanes) is 1. The fourth-order valence-corrected chi connectivity index (χ4v) is 1.97. The maximum Gasteiger partial charge on any atom is 0.00357 e. The van der Waals surface area contributed by atoms with Crippen LogP contribution in [0.2, 0.25) is 0 Å². The minimum absolute atomic E-state index is 0.684. The van der Waals surface area contributed by atoms with Crippen LogP contribution in [0.3, 0.4) is 0 Å². The molecule has 0 saturated heterocycles. The summed E-state index contributed by atoms with van der Waals surface area (Å²) in [5.41, 5.74) is 0. The summed E-state index contributed by atoms with van der Waals surface area (Å²) in [4.78, 5) is 2.63. The molecule has 2 heteroatoms.